The van der Waals surface area contributed by atoms with E-state index in [4.69, 9.17) is 18.9 Å². The van der Waals surface area contributed by atoms with E-state index >= 15 is 0 Å². The van der Waals surface area contributed by atoms with Gasteiger partial charge in [-0.05, 0) is 55.5 Å². The summed E-state index contributed by atoms with van der Waals surface area (Å²) >= 11 is 1.54. The minimum Gasteiger partial charge on any atom is -0.487 e. The third-order valence-corrected chi connectivity index (χ3v) is 10.8. The van der Waals surface area contributed by atoms with Crippen molar-refractivity contribution >= 4 is 33.1 Å². The molecule has 5 atom stereocenters. The number of nitro groups is 1. The number of amides is 1. The molecule has 0 aliphatic carbocycles. The fourth-order valence-electron chi connectivity index (χ4n) is 5.66. The van der Waals surface area contributed by atoms with E-state index in [1.165, 1.54) is 12.1 Å². The zero-order chi connectivity index (χ0) is 34.4. The maximum Gasteiger partial charge on any atom is 0.407 e. The molecule has 1 aromatic heterocycles. The number of sulfonamides is 1. The van der Waals surface area contributed by atoms with Crippen molar-refractivity contribution in [1.29, 1.82) is 0 Å². The minimum atomic E-state index is -4.17. The van der Waals surface area contributed by atoms with E-state index in [9.17, 15) is 28.4 Å². The van der Waals surface area contributed by atoms with Gasteiger partial charge in [-0.25, -0.2) is 18.2 Å². The number of thiazole rings is 1. The zero-order valence-electron chi connectivity index (χ0n) is 26.9. The first-order valence-corrected chi connectivity index (χ1v) is 18.0. The number of carbonyl (C=O) groups is 1. The second-order valence-electron chi connectivity index (χ2n) is 12.2. The van der Waals surface area contributed by atoms with Crippen LogP contribution >= 0.6 is 11.3 Å². The average molecular weight is 705 g/mol. The van der Waals surface area contributed by atoms with E-state index in [1.54, 1.807) is 35.6 Å². The fraction of sp³-hybridized carbons (Fsp3) is 0.500. The van der Waals surface area contributed by atoms with Crippen LogP contribution in [-0.2, 0) is 37.3 Å². The molecule has 3 aromatic rings. The van der Waals surface area contributed by atoms with E-state index in [0.717, 1.165) is 32.7 Å². The van der Waals surface area contributed by atoms with Crippen molar-refractivity contribution in [3.8, 4) is 5.75 Å². The molecule has 260 valence electrons. The molecule has 2 N–H and O–H groups in total. The fourth-order valence-corrected chi connectivity index (χ4v) is 7.88. The zero-order valence-corrected chi connectivity index (χ0v) is 28.5. The smallest absolute Gasteiger partial charge is 0.407 e. The van der Waals surface area contributed by atoms with Crippen LogP contribution in [0.5, 0.6) is 5.75 Å². The molecule has 14 nitrogen and oxygen atoms in total. The van der Waals surface area contributed by atoms with Crippen molar-refractivity contribution in [2.75, 3.05) is 26.3 Å². The molecule has 2 fully saturated rings. The average Bonchev–Trinajstić information content (AvgIpc) is 3.79. The van der Waals surface area contributed by atoms with Gasteiger partial charge in [-0.15, -0.1) is 11.3 Å². The normalized spacial score (nSPS) is 20.4. The van der Waals surface area contributed by atoms with Gasteiger partial charge in [-0.2, -0.15) is 4.31 Å². The maximum absolute atomic E-state index is 13.7. The van der Waals surface area contributed by atoms with Crippen LogP contribution in [0.25, 0.3) is 0 Å². The Balaban J connectivity index is 1.32. The SMILES string of the molecule is Cc1nc(COc2ccc(CC(NC(=O)OC3COC4OCCC34)C(O)CN(CC(C)C)S(=O)(=O)c3ccc([N+](=O)[O-])cc3)cc2)cs1. The van der Waals surface area contributed by atoms with Crippen LogP contribution in [0.2, 0.25) is 0 Å². The van der Waals surface area contributed by atoms with Gasteiger partial charge in [0.05, 0.1) is 51.8 Å². The number of aromatic nitrogens is 1. The lowest BCUT2D eigenvalue weighted by molar-refractivity contribution is -0.384. The predicted molar refractivity (Wildman–Crippen MR) is 175 cm³/mol. The summed E-state index contributed by atoms with van der Waals surface area (Å²) in [6.07, 6.45) is -2.24. The number of hydrogen-bond acceptors (Lipinski definition) is 12. The summed E-state index contributed by atoms with van der Waals surface area (Å²) in [6.45, 7) is 6.30. The van der Waals surface area contributed by atoms with Crippen LogP contribution in [-0.4, -0.2) is 84.7 Å². The van der Waals surface area contributed by atoms with Crippen molar-refractivity contribution in [1.82, 2.24) is 14.6 Å². The van der Waals surface area contributed by atoms with Gasteiger partial charge in [-0.3, -0.25) is 10.1 Å². The largest absolute Gasteiger partial charge is 0.487 e. The number of alkyl carbamates (subject to hydrolysis) is 1. The number of aryl methyl sites for hydroxylation is 1. The quantitative estimate of drug-likeness (QED) is 0.172. The first kappa shape index (κ1) is 35.6. The van der Waals surface area contributed by atoms with Crippen LogP contribution in [0.15, 0.2) is 58.8 Å². The number of fused-ring (bicyclic) bond motifs is 1. The van der Waals surface area contributed by atoms with Gasteiger partial charge >= 0.3 is 6.09 Å². The molecule has 2 saturated heterocycles. The van der Waals surface area contributed by atoms with E-state index in [0.29, 0.717) is 25.4 Å². The van der Waals surface area contributed by atoms with Crippen molar-refractivity contribution < 1.29 is 42.2 Å². The van der Waals surface area contributed by atoms with Crippen LogP contribution in [0, 0.1) is 28.9 Å². The van der Waals surface area contributed by atoms with Gasteiger partial charge in [0.1, 0.15) is 18.5 Å². The second kappa shape index (κ2) is 15.7. The van der Waals surface area contributed by atoms with E-state index in [2.05, 4.69) is 10.3 Å². The molecule has 2 aliphatic rings. The van der Waals surface area contributed by atoms with Crippen molar-refractivity contribution in [2.45, 2.75) is 69.7 Å². The van der Waals surface area contributed by atoms with Gasteiger partial charge in [0, 0.05) is 30.6 Å². The lowest BCUT2D eigenvalue weighted by atomic mass is 10.0. The molecular formula is C32H40N4O10S2. The Labute approximate surface area is 283 Å². The minimum absolute atomic E-state index is 0.0561. The summed E-state index contributed by atoms with van der Waals surface area (Å²) in [5, 5.41) is 28.3. The highest BCUT2D eigenvalue weighted by atomic mass is 32.2. The van der Waals surface area contributed by atoms with E-state index in [-0.39, 0.29) is 48.5 Å². The van der Waals surface area contributed by atoms with E-state index in [1.807, 2.05) is 26.2 Å². The number of nitrogens with one attached hydrogen (secondary N) is 1. The van der Waals surface area contributed by atoms with Gasteiger partial charge < -0.3 is 29.4 Å². The molecule has 0 saturated carbocycles. The highest BCUT2D eigenvalue weighted by Crippen LogP contribution is 2.33. The van der Waals surface area contributed by atoms with Crippen LogP contribution in [0.1, 0.15) is 36.5 Å². The number of benzene rings is 2. The van der Waals surface area contributed by atoms with Gasteiger partial charge in [-0.1, -0.05) is 26.0 Å². The number of ether oxygens (including phenoxy) is 4. The number of aliphatic hydroxyl groups is 1. The number of rotatable bonds is 15. The molecule has 48 heavy (non-hydrogen) atoms. The Kier molecular flexibility index (Phi) is 11.7. The summed E-state index contributed by atoms with van der Waals surface area (Å²) in [5.41, 5.74) is 1.33. The maximum atomic E-state index is 13.7. The van der Waals surface area contributed by atoms with Crippen molar-refractivity contribution in [3.05, 3.63) is 80.3 Å². The molecule has 1 amide bonds. The molecule has 0 bridgehead atoms. The van der Waals surface area contributed by atoms with Gasteiger partial charge in [0.15, 0.2) is 6.29 Å². The number of nitrogens with zero attached hydrogens (tertiary/aromatic N) is 3. The van der Waals surface area contributed by atoms with Crippen LogP contribution in [0.3, 0.4) is 0 Å². The van der Waals surface area contributed by atoms with Crippen LogP contribution < -0.4 is 10.1 Å². The Bertz CT molecular complexity index is 1650. The van der Waals surface area contributed by atoms with Gasteiger partial charge in [0.25, 0.3) is 5.69 Å². The Hall–Kier alpha value is -3.67. The first-order valence-electron chi connectivity index (χ1n) is 15.6. The number of aliphatic hydroxyl groups excluding tert-OH is 1. The molecule has 0 radical (unpaired) electrons. The Morgan fingerprint density at radius 3 is 2.54 bits per heavy atom. The summed E-state index contributed by atoms with van der Waals surface area (Å²) in [6, 6.07) is 10.8. The van der Waals surface area contributed by atoms with Crippen molar-refractivity contribution in [3.63, 3.8) is 0 Å². The van der Waals surface area contributed by atoms with Crippen LogP contribution in [0.4, 0.5) is 10.5 Å². The third kappa shape index (κ3) is 9.06. The molecule has 16 heteroatoms. The number of non-ortho nitro benzene ring substituents is 1. The highest BCUT2D eigenvalue weighted by Gasteiger charge is 2.44. The first-order chi connectivity index (χ1) is 22.9. The molecule has 5 rings (SSSR count). The lowest BCUT2D eigenvalue weighted by Gasteiger charge is -2.31. The highest BCUT2D eigenvalue weighted by molar-refractivity contribution is 7.89. The Morgan fingerprint density at radius 2 is 1.90 bits per heavy atom. The summed E-state index contributed by atoms with van der Waals surface area (Å²) in [5.74, 6) is 0.403. The molecule has 5 unspecified atom stereocenters. The topological polar surface area (TPSA) is 180 Å². The number of hydrogen-bond donors (Lipinski definition) is 2. The molecule has 3 heterocycles. The standard InChI is InChI=1S/C32H40N4O10S2/c1-20(2)15-35(48(41,42)26-10-6-24(7-11-26)36(39)40)16-29(37)28(34-32(38)46-30-18-45-31-27(30)12-13-43-31)14-22-4-8-25(9-5-22)44-17-23-19-47-21(3)33-23/h4-11,19-20,27-31,37H,12-18H2,1-3H3,(H,34,38). The number of carbonyl (C=O) groups excluding carboxylic acids is 1. The molecule has 2 aromatic carbocycles. The third-order valence-electron chi connectivity index (χ3n) is 8.09. The van der Waals surface area contributed by atoms with Gasteiger partial charge in [0.2, 0.25) is 10.0 Å². The number of nitro benzene ring substituents is 1. The summed E-state index contributed by atoms with van der Waals surface area (Å²) in [4.78, 5) is 27.9. The summed E-state index contributed by atoms with van der Waals surface area (Å²) < 4.78 is 51.2. The molecular weight excluding hydrogens is 665 g/mol. The monoisotopic (exact) mass is 704 g/mol. The summed E-state index contributed by atoms with van der Waals surface area (Å²) in [7, 11) is -4.17. The van der Waals surface area contributed by atoms with Crippen molar-refractivity contribution in [2.24, 2.45) is 11.8 Å². The lowest BCUT2D eigenvalue weighted by Crippen LogP contribution is -2.51. The van der Waals surface area contributed by atoms with E-state index < -0.39 is 45.6 Å². The molecule has 0 spiro atoms. The Morgan fingerprint density at radius 1 is 1.17 bits per heavy atom. The predicted octanol–water partition coefficient (Wildman–Crippen LogP) is 4.05. The molecule has 2 aliphatic heterocycles. The second-order valence-corrected chi connectivity index (χ2v) is 15.2.